The molecule has 0 aromatic heterocycles. The van der Waals surface area contributed by atoms with E-state index in [4.69, 9.17) is 0 Å². The van der Waals surface area contributed by atoms with E-state index in [1.165, 1.54) is 0 Å². The lowest BCUT2D eigenvalue weighted by atomic mass is 10.1. The number of carbonyl (C=O) groups is 1. The molecule has 1 heterocycles. The summed E-state index contributed by atoms with van der Waals surface area (Å²) < 4.78 is 28.2. The lowest BCUT2D eigenvalue weighted by Gasteiger charge is -2.15. The molecule has 6 heteroatoms. The second-order valence-electron chi connectivity index (χ2n) is 6.94. The Morgan fingerprint density at radius 2 is 1.77 bits per heavy atom. The van der Waals surface area contributed by atoms with Gasteiger partial charge in [0, 0.05) is 25.7 Å². The van der Waals surface area contributed by atoms with Crippen LogP contribution >= 0.6 is 0 Å². The Morgan fingerprint density at radius 1 is 1.12 bits per heavy atom. The Bertz CT molecular complexity index is 958. The van der Waals surface area contributed by atoms with Gasteiger partial charge in [-0.05, 0) is 55.5 Å². The van der Waals surface area contributed by atoms with Crippen molar-refractivity contribution >= 4 is 21.6 Å². The lowest BCUT2D eigenvalue weighted by molar-refractivity contribution is -0.116. The SMILES string of the molecule is CC(=O)N1CCc2cc(CNS(=O)(=O)c3c(C)cc(C)cc3C)ccc21. The highest BCUT2D eigenvalue weighted by atomic mass is 32.2. The number of sulfonamides is 1. The standard InChI is InChI=1S/C20H24N2O3S/c1-13-9-14(2)20(15(3)10-13)26(24,25)21-12-17-5-6-19-18(11-17)7-8-22(19)16(4)23/h5-6,9-11,21H,7-8,12H2,1-4H3. The molecule has 0 radical (unpaired) electrons. The number of fused-ring (bicyclic) bond motifs is 1. The maximum Gasteiger partial charge on any atom is 0.241 e. The van der Waals surface area contributed by atoms with E-state index in [0.29, 0.717) is 11.4 Å². The summed E-state index contributed by atoms with van der Waals surface area (Å²) in [7, 11) is -3.59. The van der Waals surface area contributed by atoms with Crippen LogP contribution in [0.15, 0.2) is 35.2 Å². The van der Waals surface area contributed by atoms with Crippen LogP contribution in [0.25, 0.3) is 0 Å². The number of carbonyl (C=O) groups excluding carboxylic acids is 1. The normalized spacial score (nSPS) is 13.8. The van der Waals surface area contributed by atoms with E-state index >= 15 is 0 Å². The average molecular weight is 372 g/mol. The van der Waals surface area contributed by atoms with Crippen LogP contribution in [0, 0.1) is 20.8 Å². The second-order valence-corrected chi connectivity index (χ2v) is 8.64. The summed E-state index contributed by atoms with van der Waals surface area (Å²) in [4.78, 5) is 13.7. The molecule has 1 amide bonds. The molecule has 1 aliphatic rings. The molecule has 0 atom stereocenters. The van der Waals surface area contributed by atoms with Crippen molar-refractivity contribution in [3.63, 3.8) is 0 Å². The molecule has 1 N–H and O–H groups in total. The number of aryl methyl sites for hydroxylation is 3. The molecule has 26 heavy (non-hydrogen) atoms. The minimum Gasteiger partial charge on any atom is -0.312 e. The van der Waals surface area contributed by atoms with Crippen LogP contribution in [-0.2, 0) is 27.8 Å². The zero-order valence-electron chi connectivity index (χ0n) is 15.6. The third kappa shape index (κ3) is 3.52. The molecule has 0 unspecified atom stereocenters. The summed E-state index contributed by atoms with van der Waals surface area (Å²) in [6.07, 6.45) is 0.797. The zero-order chi connectivity index (χ0) is 19.1. The van der Waals surface area contributed by atoms with Gasteiger partial charge in [0.1, 0.15) is 0 Å². The van der Waals surface area contributed by atoms with E-state index in [2.05, 4.69) is 4.72 Å². The fourth-order valence-electron chi connectivity index (χ4n) is 3.73. The molecule has 0 bridgehead atoms. The van der Waals surface area contributed by atoms with Crippen LogP contribution in [0.5, 0.6) is 0 Å². The summed E-state index contributed by atoms with van der Waals surface area (Å²) in [5.74, 6) is 0.0301. The summed E-state index contributed by atoms with van der Waals surface area (Å²) >= 11 is 0. The maximum atomic E-state index is 12.8. The van der Waals surface area contributed by atoms with E-state index in [9.17, 15) is 13.2 Å². The molecule has 0 aliphatic carbocycles. The number of amides is 1. The molecule has 3 rings (SSSR count). The molecule has 5 nitrogen and oxygen atoms in total. The van der Waals surface area contributed by atoms with Crippen molar-refractivity contribution in [1.82, 2.24) is 4.72 Å². The third-order valence-corrected chi connectivity index (χ3v) is 6.47. The third-order valence-electron chi connectivity index (χ3n) is 4.76. The van der Waals surface area contributed by atoms with E-state index in [1.54, 1.807) is 11.8 Å². The van der Waals surface area contributed by atoms with Crippen molar-refractivity contribution in [2.45, 2.75) is 45.6 Å². The van der Waals surface area contributed by atoms with E-state index in [1.807, 2.05) is 51.1 Å². The topological polar surface area (TPSA) is 66.5 Å². The molecule has 1 aliphatic heterocycles. The maximum absolute atomic E-state index is 12.8. The van der Waals surface area contributed by atoms with Crippen LogP contribution in [0.1, 0.15) is 34.7 Å². The smallest absolute Gasteiger partial charge is 0.241 e. The van der Waals surface area contributed by atoms with E-state index < -0.39 is 10.0 Å². The molecule has 2 aromatic carbocycles. The van der Waals surface area contributed by atoms with Gasteiger partial charge in [0.15, 0.2) is 0 Å². The van der Waals surface area contributed by atoms with Crippen LogP contribution < -0.4 is 9.62 Å². The zero-order valence-corrected chi connectivity index (χ0v) is 16.4. The number of benzene rings is 2. The Balaban J connectivity index is 1.80. The molecule has 0 spiro atoms. The molecular formula is C20H24N2O3S. The van der Waals surface area contributed by atoms with Crippen molar-refractivity contribution in [2.24, 2.45) is 0 Å². The molecule has 0 fully saturated rings. The van der Waals surface area contributed by atoms with Crippen LogP contribution in [0.3, 0.4) is 0 Å². The van der Waals surface area contributed by atoms with Crippen molar-refractivity contribution in [2.75, 3.05) is 11.4 Å². The predicted octanol–water partition coefficient (Wildman–Crippen LogP) is 3.00. The molecule has 0 saturated heterocycles. The Morgan fingerprint density at radius 3 is 2.38 bits per heavy atom. The van der Waals surface area contributed by atoms with Gasteiger partial charge in [-0.15, -0.1) is 0 Å². The van der Waals surface area contributed by atoms with Gasteiger partial charge in [0.05, 0.1) is 4.90 Å². The highest BCUT2D eigenvalue weighted by Crippen LogP contribution is 2.29. The monoisotopic (exact) mass is 372 g/mol. The van der Waals surface area contributed by atoms with Crippen molar-refractivity contribution in [1.29, 1.82) is 0 Å². The fraction of sp³-hybridized carbons (Fsp3) is 0.350. The first-order valence-electron chi connectivity index (χ1n) is 8.66. The summed E-state index contributed by atoms with van der Waals surface area (Å²) in [6, 6.07) is 9.52. The number of nitrogens with zero attached hydrogens (tertiary/aromatic N) is 1. The quantitative estimate of drug-likeness (QED) is 0.897. The van der Waals surface area contributed by atoms with Crippen molar-refractivity contribution < 1.29 is 13.2 Å². The van der Waals surface area contributed by atoms with Crippen LogP contribution in [-0.4, -0.2) is 20.9 Å². The highest BCUT2D eigenvalue weighted by Gasteiger charge is 2.23. The number of nitrogens with one attached hydrogen (secondary N) is 1. The Hall–Kier alpha value is -2.18. The van der Waals surface area contributed by atoms with Gasteiger partial charge in [-0.2, -0.15) is 0 Å². The minimum absolute atomic E-state index is 0.0301. The first kappa shape index (κ1) is 18.6. The van der Waals surface area contributed by atoms with Gasteiger partial charge < -0.3 is 4.90 Å². The molecule has 2 aromatic rings. The Kier molecular flexibility index (Phi) is 4.90. The number of rotatable bonds is 4. The summed E-state index contributed by atoms with van der Waals surface area (Å²) in [6.45, 7) is 8.06. The van der Waals surface area contributed by atoms with Gasteiger partial charge in [0.2, 0.25) is 15.9 Å². The predicted molar refractivity (Wildman–Crippen MR) is 103 cm³/mol. The lowest BCUT2D eigenvalue weighted by Crippen LogP contribution is -2.26. The first-order chi connectivity index (χ1) is 12.2. The molecular weight excluding hydrogens is 348 g/mol. The Labute approximate surface area is 155 Å². The number of hydrogen-bond donors (Lipinski definition) is 1. The molecule has 138 valence electrons. The van der Waals surface area contributed by atoms with E-state index in [0.717, 1.165) is 39.9 Å². The van der Waals surface area contributed by atoms with Crippen molar-refractivity contribution in [3.8, 4) is 0 Å². The van der Waals surface area contributed by atoms with Crippen molar-refractivity contribution in [3.05, 3.63) is 58.1 Å². The van der Waals surface area contributed by atoms with Gasteiger partial charge >= 0.3 is 0 Å². The summed E-state index contributed by atoms with van der Waals surface area (Å²) in [5, 5.41) is 0. The van der Waals surface area contributed by atoms with Gasteiger partial charge in [0.25, 0.3) is 0 Å². The second kappa shape index (κ2) is 6.85. The minimum atomic E-state index is -3.59. The van der Waals surface area contributed by atoms with Gasteiger partial charge in [-0.1, -0.05) is 29.8 Å². The number of hydrogen-bond acceptors (Lipinski definition) is 3. The van der Waals surface area contributed by atoms with Crippen LogP contribution in [0.4, 0.5) is 5.69 Å². The average Bonchev–Trinajstić information content (AvgIpc) is 2.95. The van der Waals surface area contributed by atoms with Gasteiger partial charge in [-0.25, -0.2) is 13.1 Å². The molecule has 0 saturated carbocycles. The highest BCUT2D eigenvalue weighted by molar-refractivity contribution is 7.89. The number of anilines is 1. The van der Waals surface area contributed by atoms with Crippen LogP contribution in [0.2, 0.25) is 0 Å². The summed E-state index contributed by atoms with van der Waals surface area (Å²) in [5.41, 5.74) is 5.45. The largest absolute Gasteiger partial charge is 0.312 e. The van der Waals surface area contributed by atoms with Gasteiger partial charge in [-0.3, -0.25) is 4.79 Å². The first-order valence-corrected chi connectivity index (χ1v) is 10.1. The fourth-order valence-corrected chi connectivity index (χ4v) is 5.20. The van der Waals surface area contributed by atoms with E-state index in [-0.39, 0.29) is 12.5 Å².